The first kappa shape index (κ1) is 21.0. The maximum atomic E-state index is 13.6. The van der Waals surface area contributed by atoms with Gasteiger partial charge in [0.25, 0.3) is 6.43 Å². The van der Waals surface area contributed by atoms with E-state index in [-0.39, 0.29) is 24.6 Å². The molecule has 1 aromatic rings. The van der Waals surface area contributed by atoms with Gasteiger partial charge in [-0.2, -0.15) is 13.2 Å². The zero-order chi connectivity index (χ0) is 20.4. The third kappa shape index (κ3) is 4.71. The fourth-order valence-corrected chi connectivity index (χ4v) is 2.62. The monoisotopic (exact) mass is 395 g/mol. The fourth-order valence-electron chi connectivity index (χ4n) is 2.62. The molecule has 1 aliphatic rings. The smallest absolute Gasteiger partial charge is 0.435 e. The van der Waals surface area contributed by atoms with Crippen LogP contribution in [0.3, 0.4) is 0 Å². The number of carbonyl (C=O) groups excluding carboxylic acids is 1. The van der Waals surface area contributed by atoms with Crippen molar-refractivity contribution in [1.82, 2.24) is 9.88 Å². The van der Waals surface area contributed by atoms with E-state index in [1.54, 1.807) is 0 Å². The van der Waals surface area contributed by atoms with Crippen LogP contribution in [0.5, 0.6) is 0 Å². The van der Waals surface area contributed by atoms with Crippen molar-refractivity contribution in [3.8, 4) is 0 Å². The Balaban J connectivity index is 2.90. The summed E-state index contributed by atoms with van der Waals surface area (Å²) in [5, 5.41) is 0. The molecule has 0 saturated carbocycles. The summed E-state index contributed by atoms with van der Waals surface area (Å²) in [5.74, 6) is -1.18. The quantitative estimate of drug-likeness (QED) is 0.562. The van der Waals surface area contributed by atoms with Crippen molar-refractivity contribution < 1.29 is 36.2 Å². The average Bonchev–Trinajstić information content (AvgIpc) is 3.06. The molecular weight excluding hydrogens is 377 g/mol. The maximum absolute atomic E-state index is 13.6. The van der Waals surface area contributed by atoms with Crippen LogP contribution >= 0.6 is 0 Å². The molecule has 0 N–H and O–H groups in total. The topological polar surface area (TPSA) is 64.0 Å². The van der Waals surface area contributed by atoms with Crippen LogP contribution in [0.1, 0.15) is 46.6 Å². The summed E-state index contributed by atoms with van der Waals surface area (Å²) in [6.45, 7) is 0.0253. The molecule has 0 bridgehead atoms. The van der Waals surface area contributed by atoms with Crippen molar-refractivity contribution >= 4 is 17.6 Å². The van der Waals surface area contributed by atoms with Gasteiger partial charge in [0, 0.05) is 18.5 Å². The van der Waals surface area contributed by atoms with Gasteiger partial charge >= 0.3 is 12.1 Å². The van der Waals surface area contributed by atoms with Gasteiger partial charge in [-0.3, -0.25) is 0 Å². The number of esters is 1. The molecule has 0 aliphatic carbocycles. The first-order valence-corrected chi connectivity index (χ1v) is 7.91. The number of rotatable bonds is 5. The minimum atomic E-state index is -5.06. The number of carbonyl (C=O) groups is 1. The summed E-state index contributed by atoms with van der Waals surface area (Å²) in [7, 11) is 3.97. The molecule has 2 heterocycles. The van der Waals surface area contributed by atoms with Crippen LogP contribution in [0, 0.1) is 0 Å². The summed E-state index contributed by atoms with van der Waals surface area (Å²) in [6.07, 6.45) is -7.61. The van der Waals surface area contributed by atoms with E-state index in [2.05, 4.69) is 14.7 Å². The van der Waals surface area contributed by atoms with Crippen LogP contribution in [0.2, 0.25) is 0 Å². The van der Waals surface area contributed by atoms with Gasteiger partial charge < -0.3 is 14.4 Å². The highest BCUT2D eigenvalue weighted by atomic mass is 19.4. The van der Waals surface area contributed by atoms with E-state index in [1.807, 2.05) is 0 Å². The molecule has 27 heavy (non-hydrogen) atoms. The molecule has 0 atom stereocenters. The van der Waals surface area contributed by atoms with Crippen LogP contribution in [0.4, 0.5) is 27.6 Å². The molecule has 0 radical (unpaired) electrons. The lowest BCUT2D eigenvalue weighted by Crippen LogP contribution is -2.22. The van der Waals surface area contributed by atoms with Gasteiger partial charge in [0.2, 0.25) is 0 Å². The fraction of sp³-hybridized carbons (Fsp3) is 0.562. The Bertz CT molecular complexity index is 740. The van der Waals surface area contributed by atoms with Gasteiger partial charge in [0.15, 0.2) is 11.6 Å². The number of alkyl halides is 5. The van der Waals surface area contributed by atoms with Gasteiger partial charge in [-0.15, -0.1) is 0 Å². The van der Waals surface area contributed by atoms with Crippen molar-refractivity contribution in [1.29, 1.82) is 0 Å². The van der Waals surface area contributed by atoms with E-state index in [1.165, 1.54) is 19.0 Å². The van der Waals surface area contributed by atoms with Crippen molar-refractivity contribution in [3.63, 3.8) is 0 Å². The minimum Gasteiger partial charge on any atom is -0.481 e. The molecule has 1 aliphatic heterocycles. The molecular formula is C16H18F5N3O3. The Morgan fingerprint density at radius 1 is 1.37 bits per heavy atom. The van der Waals surface area contributed by atoms with Crippen molar-refractivity contribution in [2.45, 2.75) is 32.0 Å². The zero-order valence-corrected chi connectivity index (χ0v) is 14.9. The zero-order valence-electron chi connectivity index (χ0n) is 14.9. The highest BCUT2D eigenvalue weighted by molar-refractivity contribution is 5.95. The third-order valence-corrected chi connectivity index (χ3v) is 3.68. The lowest BCUT2D eigenvalue weighted by molar-refractivity contribution is -0.140. The SMILES string of the molecule is COC(=O)c1c(C(F)F)nc(C(F)(F)F)c(N=C2CCCO2)c1CN(C)C. The number of pyridine rings is 1. The van der Waals surface area contributed by atoms with Crippen molar-refractivity contribution in [2.24, 2.45) is 4.99 Å². The first-order chi connectivity index (χ1) is 12.6. The van der Waals surface area contributed by atoms with E-state index < -0.39 is 41.2 Å². The van der Waals surface area contributed by atoms with E-state index in [0.29, 0.717) is 12.8 Å². The second-order valence-electron chi connectivity index (χ2n) is 6.03. The van der Waals surface area contributed by atoms with Crippen molar-refractivity contribution in [3.05, 3.63) is 22.5 Å². The average molecular weight is 395 g/mol. The summed E-state index contributed by atoms with van der Waals surface area (Å²) < 4.78 is 77.2. The summed E-state index contributed by atoms with van der Waals surface area (Å²) in [6, 6.07) is 0. The normalized spacial score (nSPS) is 16.3. The number of nitrogens with zero attached hydrogens (tertiary/aromatic N) is 3. The highest BCUT2D eigenvalue weighted by Crippen LogP contribution is 2.42. The largest absolute Gasteiger partial charge is 0.481 e. The van der Waals surface area contributed by atoms with Crippen molar-refractivity contribution in [2.75, 3.05) is 27.8 Å². The molecule has 1 aromatic heterocycles. The molecule has 6 nitrogen and oxygen atoms in total. The molecule has 0 amide bonds. The van der Waals surface area contributed by atoms with Gasteiger partial charge in [-0.25, -0.2) is 23.6 Å². The molecule has 0 spiro atoms. The number of aromatic nitrogens is 1. The molecule has 2 rings (SSSR count). The number of ether oxygens (including phenoxy) is 2. The molecule has 1 saturated heterocycles. The van der Waals surface area contributed by atoms with Gasteiger partial charge in [0.05, 0.1) is 19.3 Å². The van der Waals surface area contributed by atoms with E-state index in [9.17, 15) is 26.7 Å². The molecule has 1 fully saturated rings. The van der Waals surface area contributed by atoms with E-state index >= 15 is 0 Å². The molecule has 150 valence electrons. The molecule has 0 unspecified atom stereocenters. The predicted molar refractivity (Wildman–Crippen MR) is 85.2 cm³/mol. The Kier molecular flexibility index (Phi) is 6.34. The van der Waals surface area contributed by atoms with Gasteiger partial charge in [-0.1, -0.05) is 0 Å². The number of methoxy groups -OCH3 is 1. The lowest BCUT2D eigenvalue weighted by atomic mass is 10.0. The number of hydrogen-bond acceptors (Lipinski definition) is 6. The number of aliphatic imine (C=N–C) groups is 1. The first-order valence-electron chi connectivity index (χ1n) is 7.91. The van der Waals surface area contributed by atoms with Gasteiger partial charge in [0.1, 0.15) is 11.4 Å². The predicted octanol–water partition coefficient (Wildman–Crippen LogP) is 3.73. The second kappa shape index (κ2) is 8.15. The highest BCUT2D eigenvalue weighted by Gasteiger charge is 2.41. The Morgan fingerprint density at radius 2 is 2.04 bits per heavy atom. The minimum absolute atomic E-state index is 0.0305. The lowest BCUT2D eigenvalue weighted by Gasteiger charge is -2.21. The standard InChI is InChI=1S/C16H18F5N3O3/c1-24(2)7-8-10(15(25)26-3)12(14(17)18)23-13(16(19,20)21)11(8)22-9-5-4-6-27-9/h14H,4-7H2,1-3H3. The van der Waals surface area contributed by atoms with Crippen LogP contribution in [0.25, 0.3) is 0 Å². The van der Waals surface area contributed by atoms with Gasteiger partial charge in [-0.05, 0) is 20.5 Å². The van der Waals surface area contributed by atoms with E-state index in [0.717, 1.165) is 7.11 Å². The summed E-state index contributed by atoms with van der Waals surface area (Å²) in [4.78, 5) is 20.5. The number of hydrogen-bond donors (Lipinski definition) is 0. The van der Waals surface area contributed by atoms with Crippen LogP contribution in [-0.2, 0) is 22.2 Å². The third-order valence-electron chi connectivity index (χ3n) is 3.68. The Labute approximate surface area is 152 Å². The van der Waals surface area contributed by atoms with Crippen LogP contribution < -0.4 is 0 Å². The maximum Gasteiger partial charge on any atom is 0.435 e. The Hall–Kier alpha value is -2.30. The summed E-state index contributed by atoms with van der Waals surface area (Å²) >= 11 is 0. The van der Waals surface area contributed by atoms with Crippen LogP contribution in [-0.4, -0.2) is 49.6 Å². The molecule has 0 aromatic carbocycles. The molecule has 11 heteroatoms. The van der Waals surface area contributed by atoms with Crippen LogP contribution in [0.15, 0.2) is 4.99 Å². The summed E-state index contributed by atoms with van der Waals surface area (Å²) in [5.41, 5.74) is -4.65. The second-order valence-corrected chi connectivity index (χ2v) is 6.03. The number of halogens is 5. The Morgan fingerprint density at radius 3 is 2.48 bits per heavy atom. The van der Waals surface area contributed by atoms with E-state index in [4.69, 9.17) is 4.74 Å².